The van der Waals surface area contributed by atoms with Crippen LogP contribution in [0.3, 0.4) is 0 Å². The summed E-state index contributed by atoms with van der Waals surface area (Å²) in [4.78, 5) is 24.1. The first-order valence-corrected chi connectivity index (χ1v) is 8.11. The van der Waals surface area contributed by atoms with Crippen LogP contribution in [0.1, 0.15) is 24.2 Å². The number of hydrogen-bond donors (Lipinski definition) is 1. The molecule has 0 aliphatic rings. The average Bonchev–Trinajstić information content (AvgIpc) is 2.86. The largest absolute Gasteiger partial charge is 0.412 e. The molecule has 2 aromatic rings. The number of rotatable bonds is 4. The van der Waals surface area contributed by atoms with Gasteiger partial charge >= 0.3 is 6.09 Å². The zero-order valence-corrected chi connectivity index (χ0v) is 14.2. The van der Waals surface area contributed by atoms with Gasteiger partial charge in [0, 0.05) is 11.9 Å². The van der Waals surface area contributed by atoms with Gasteiger partial charge in [-0.2, -0.15) is 0 Å². The highest BCUT2D eigenvalue weighted by Gasteiger charge is 2.21. The number of carbonyl (C=O) groups excluding carboxylic acids is 2. The lowest BCUT2D eigenvalue weighted by atomic mass is 10.1. The van der Waals surface area contributed by atoms with Crippen LogP contribution in [-0.4, -0.2) is 18.4 Å². The van der Waals surface area contributed by atoms with Crippen LogP contribution in [0.25, 0.3) is 10.4 Å². The van der Waals surface area contributed by atoms with Crippen molar-refractivity contribution in [3.05, 3.63) is 39.2 Å². The number of nitrogens with one attached hydrogen (secondary N) is 1. The fourth-order valence-electron chi connectivity index (χ4n) is 1.80. The molecule has 1 amide bonds. The Kier molecular flexibility index (Phi) is 5.45. The first-order valence-electron chi connectivity index (χ1n) is 6.47. The van der Waals surface area contributed by atoms with Crippen LogP contribution in [0.5, 0.6) is 5.75 Å². The topological polar surface area (TPSA) is 55.4 Å². The van der Waals surface area contributed by atoms with Crippen LogP contribution in [-0.2, 0) is 0 Å². The van der Waals surface area contributed by atoms with E-state index in [2.05, 4.69) is 5.32 Å². The number of ketones is 1. The van der Waals surface area contributed by atoms with Crippen molar-refractivity contribution < 1.29 is 14.3 Å². The SMILES string of the molecule is CCNC(=O)Oc1c(C(C)=O)csc1-c1ccc(Cl)c(Cl)c1. The van der Waals surface area contributed by atoms with Crippen LogP contribution in [0, 0.1) is 0 Å². The summed E-state index contributed by atoms with van der Waals surface area (Å²) in [5.41, 5.74) is 1.09. The Bertz CT molecular complexity index is 728. The first kappa shape index (κ1) is 16.8. The summed E-state index contributed by atoms with van der Waals surface area (Å²) in [7, 11) is 0. The van der Waals surface area contributed by atoms with Crippen LogP contribution in [0.2, 0.25) is 10.0 Å². The van der Waals surface area contributed by atoms with E-state index in [-0.39, 0.29) is 11.5 Å². The molecule has 0 aliphatic carbocycles. The third kappa shape index (κ3) is 3.61. The zero-order chi connectivity index (χ0) is 16.3. The number of ether oxygens (including phenoxy) is 1. The third-order valence-electron chi connectivity index (χ3n) is 2.82. The highest BCUT2D eigenvalue weighted by molar-refractivity contribution is 7.14. The molecule has 116 valence electrons. The van der Waals surface area contributed by atoms with Crippen molar-refractivity contribution in [3.8, 4) is 16.2 Å². The molecular weight excluding hydrogens is 345 g/mol. The molecule has 1 aromatic carbocycles. The molecule has 0 aliphatic heterocycles. The maximum absolute atomic E-state index is 11.7. The summed E-state index contributed by atoms with van der Waals surface area (Å²) in [6.45, 7) is 3.63. The van der Waals surface area contributed by atoms with Gasteiger partial charge in [-0.15, -0.1) is 11.3 Å². The smallest absolute Gasteiger partial charge is 0.408 e. The number of halogens is 2. The second-order valence-corrected chi connectivity index (χ2v) is 6.11. The number of carbonyl (C=O) groups is 2. The van der Waals surface area contributed by atoms with Crippen LogP contribution < -0.4 is 10.1 Å². The summed E-state index contributed by atoms with van der Waals surface area (Å²) in [6, 6.07) is 5.08. The van der Waals surface area contributed by atoms with Crippen molar-refractivity contribution in [3.63, 3.8) is 0 Å². The van der Waals surface area contributed by atoms with E-state index in [0.29, 0.717) is 27.0 Å². The van der Waals surface area contributed by atoms with Gasteiger partial charge < -0.3 is 10.1 Å². The molecule has 1 heterocycles. The van der Waals surface area contributed by atoms with Gasteiger partial charge in [-0.05, 0) is 31.5 Å². The van der Waals surface area contributed by atoms with Crippen molar-refractivity contribution in [2.45, 2.75) is 13.8 Å². The van der Waals surface area contributed by atoms with Crippen LogP contribution in [0.15, 0.2) is 23.6 Å². The molecule has 2 rings (SSSR count). The van der Waals surface area contributed by atoms with Crippen molar-refractivity contribution in [2.75, 3.05) is 6.54 Å². The fourth-order valence-corrected chi connectivity index (χ4v) is 3.13. The lowest BCUT2D eigenvalue weighted by molar-refractivity contribution is 0.101. The third-order valence-corrected chi connectivity index (χ3v) is 4.57. The van der Waals surface area contributed by atoms with E-state index >= 15 is 0 Å². The molecule has 0 bridgehead atoms. The van der Waals surface area contributed by atoms with E-state index in [1.165, 1.54) is 18.3 Å². The normalized spacial score (nSPS) is 10.4. The Morgan fingerprint density at radius 1 is 1.27 bits per heavy atom. The summed E-state index contributed by atoms with van der Waals surface area (Å²) in [5, 5.41) is 5.02. The van der Waals surface area contributed by atoms with Gasteiger partial charge in [0.1, 0.15) is 0 Å². The Morgan fingerprint density at radius 2 is 2.00 bits per heavy atom. The van der Waals surface area contributed by atoms with Gasteiger partial charge in [0.15, 0.2) is 11.5 Å². The molecule has 1 aromatic heterocycles. The summed E-state index contributed by atoms with van der Waals surface area (Å²) in [6.07, 6.45) is -0.607. The van der Waals surface area contributed by atoms with Crippen molar-refractivity contribution >= 4 is 46.4 Å². The summed E-state index contributed by atoms with van der Waals surface area (Å²) >= 11 is 13.2. The van der Waals surface area contributed by atoms with Gasteiger partial charge in [0.2, 0.25) is 0 Å². The minimum atomic E-state index is -0.607. The molecule has 22 heavy (non-hydrogen) atoms. The second kappa shape index (κ2) is 7.13. The van der Waals surface area contributed by atoms with E-state index in [9.17, 15) is 9.59 Å². The first-order chi connectivity index (χ1) is 10.4. The van der Waals surface area contributed by atoms with E-state index < -0.39 is 6.09 Å². The predicted molar refractivity (Wildman–Crippen MR) is 89.5 cm³/mol. The second-order valence-electron chi connectivity index (χ2n) is 4.41. The van der Waals surface area contributed by atoms with Crippen molar-refractivity contribution in [1.29, 1.82) is 0 Å². The minimum Gasteiger partial charge on any atom is -0.408 e. The highest BCUT2D eigenvalue weighted by atomic mass is 35.5. The molecule has 0 fully saturated rings. The molecule has 1 N–H and O–H groups in total. The van der Waals surface area contributed by atoms with Gasteiger partial charge in [-0.25, -0.2) is 4.79 Å². The predicted octanol–water partition coefficient (Wildman–Crippen LogP) is 5.03. The Labute approximate surface area is 142 Å². The standard InChI is InChI=1S/C15H13Cl2NO3S/c1-3-18-15(20)21-13-10(8(2)19)7-22-14(13)9-4-5-11(16)12(17)6-9/h4-7H,3H2,1-2H3,(H,18,20). The molecule has 0 unspecified atom stereocenters. The number of amides is 1. The van der Waals surface area contributed by atoms with Gasteiger partial charge in [-0.3, -0.25) is 4.79 Å². The van der Waals surface area contributed by atoms with Gasteiger partial charge in [0.25, 0.3) is 0 Å². The lowest BCUT2D eigenvalue weighted by Crippen LogP contribution is -2.26. The van der Waals surface area contributed by atoms with Gasteiger partial charge in [-0.1, -0.05) is 29.3 Å². The molecule has 0 atom stereocenters. The summed E-state index contributed by atoms with van der Waals surface area (Å²) in [5.74, 6) is 0.0590. The number of hydrogen-bond acceptors (Lipinski definition) is 4. The molecule has 0 spiro atoms. The fraction of sp³-hybridized carbons (Fsp3) is 0.200. The number of thiophene rings is 1. The summed E-state index contributed by atoms with van der Waals surface area (Å²) < 4.78 is 5.31. The van der Waals surface area contributed by atoms with E-state index in [1.54, 1.807) is 30.5 Å². The Hall–Kier alpha value is -1.56. The van der Waals surface area contributed by atoms with Crippen LogP contribution in [0.4, 0.5) is 4.79 Å². The Morgan fingerprint density at radius 3 is 2.59 bits per heavy atom. The quantitative estimate of drug-likeness (QED) is 0.780. The van der Waals surface area contributed by atoms with E-state index in [4.69, 9.17) is 27.9 Å². The zero-order valence-electron chi connectivity index (χ0n) is 11.9. The molecule has 0 saturated heterocycles. The molecule has 0 radical (unpaired) electrons. The number of Topliss-reactive ketones (excluding diaryl/α,β-unsaturated/α-hetero) is 1. The van der Waals surface area contributed by atoms with Gasteiger partial charge in [0.05, 0.1) is 20.5 Å². The van der Waals surface area contributed by atoms with Crippen molar-refractivity contribution in [1.82, 2.24) is 5.32 Å². The van der Waals surface area contributed by atoms with E-state index in [0.717, 1.165) is 5.56 Å². The number of benzene rings is 1. The highest BCUT2D eigenvalue weighted by Crippen LogP contribution is 2.41. The lowest BCUT2D eigenvalue weighted by Gasteiger charge is -2.08. The molecule has 7 heteroatoms. The van der Waals surface area contributed by atoms with Crippen molar-refractivity contribution in [2.24, 2.45) is 0 Å². The average molecular weight is 358 g/mol. The molecule has 4 nitrogen and oxygen atoms in total. The van der Waals surface area contributed by atoms with E-state index in [1.807, 2.05) is 0 Å². The molecule has 0 saturated carbocycles. The van der Waals surface area contributed by atoms with Crippen LogP contribution >= 0.6 is 34.5 Å². The maximum atomic E-state index is 11.7. The monoisotopic (exact) mass is 357 g/mol. The minimum absolute atomic E-state index is 0.179. The Balaban J connectivity index is 2.48. The molecular formula is C15H13Cl2NO3S. The maximum Gasteiger partial charge on any atom is 0.412 e.